The molecule has 1 amide bonds. The largest absolute Gasteiger partial charge is 0.492 e. The van der Waals surface area contributed by atoms with Gasteiger partial charge in [-0.15, -0.1) is 0 Å². The molecule has 7 heteroatoms. The molecule has 0 aliphatic rings. The summed E-state index contributed by atoms with van der Waals surface area (Å²) < 4.78 is 16.5. The number of alkyl carbamates (subject to hydrolysis) is 1. The van der Waals surface area contributed by atoms with E-state index in [0.717, 1.165) is 10.0 Å². The molecule has 1 N–H and O–H groups in total. The highest BCUT2D eigenvalue weighted by molar-refractivity contribution is 9.10. The van der Waals surface area contributed by atoms with Crippen LogP contribution in [0.15, 0.2) is 28.7 Å². The third kappa shape index (κ3) is 9.46. The number of esters is 1. The zero-order valence-corrected chi connectivity index (χ0v) is 17.2. The number of hydrogen-bond donors (Lipinski definition) is 1. The van der Waals surface area contributed by atoms with Gasteiger partial charge in [0, 0.05) is 12.6 Å². The van der Waals surface area contributed by atoms with Gasteiger partial charge >= 0.3 is 12.1 Å². The maximum Gasteiger partial charge on any atom is 0.407 e. The predicted octanol–water partition coefficient (Wildman–Crippen LogP) is 4.32. The molecule has 0 aliphatic carbocycles. The van der Waals surface area contributed by atoms with Gasteiger partial charge in [0.1, 0.15) is 11.4 Å². The van der Waals surface area contributed by atoms with Crippen molar-refractivity contribution in [3.8, 4) is 5.75 Å². The first kappa shape index (κ1) is 22.0. The van der Waals surface area contributed by atoms with Gasteiger partial charge in [-0.1, -0.05) is 6.07 Å². The Balaban J connectivity index is 2.44. The molecule has 0 radical (unpaired) electrons. The number of ether oxygens (including phenoxy) is 3. The first-order valence-corrected chi connectivity index (χ1v) is 9.24. The van der Waals surface area contributed by atoms with Gasteiger partial charge in [0.05, 0.1) is 17.7 Å². The van der Waals surface area contributed by atoms with E-state index in [1.165, 1.54) is 6.08 Å². The topological polar surface area (TPSA) is 73.9 Å². The molecule has 1 aromatic rings. The van der Waals surface area contributed by atoms with Crippen molar-refractivity contribution >= 4 is 34.1 Å². The second kappa shape index (κ2) is 10.9. The molecule has 0 fully saturated rings. The average Bonchev–Trinajstić information content (AvgIpc) is 2.53. The van der Waals surface area contributed by atoms with Gasteiger partial charge in [0.25, 0.3) is 0 Å². The van der Waals surface area contributed by atoms with Crippen molar-refractivity contribution in [1.29, 1.82) is 0 Å². The van der Waals surface area contributed by atoms with Gasteiger partial charge in [-0.25, -0.2) is 9.59 Å². The number of halogens is 1. The van der Waals surface area contributed by atoms with Crippen molar-refractivity contribution in [3.05, 3.63) is 34.3 Å². The van der Waals surface area contributed by atoms with Crippen LogP contribution in [0.1, 0.15) is 39.7 Å². The Bertz CT molecular complexity index is 637. The lowest BCUT2D eigenvalue weighted by atomic mass is 10.2. The highest BCUT2D eigenvalue weighted by Gasteiger charge is 2.15. The van der Waals surface area contributed by atoms with Crippen molar-refractivity contribution in [2.45, 2.75) is 39.7 Å². The third-order valence-corrected chi connectivity index (χ3v) is 3.56. The van der Waals surface area contributed by atoms with E-state index in [9.17, 15) is 9.59 Å². The molecule has 0 atom stereocenters. The van der Waals surface area contributed by atoms with Crippen molar-refractivity contribution in [3.63, 3.8) is 0 Å². The molecule has 0 saturated heterocycles. The molecule has 0 unspecified atom stereocenters. The Morgan fingerprint density at radius 1 is 1.27 bits per heavy atom. The number of rotatable bonds is 8. The molecule has 0 aromatic heterocycles. The molecule has 1 rings (SSSR count). The first-order valence-electron chi connectivity index (χ1n) is 8.45. The molecule has 0 saturated carbocycles. The standard InChI is InChI=1S/C19H26BrNO5/c1-5-24-17(22)10-8-14-7-9-15(20)16(13-14)25-12-6-11-21-18(23)26-19(2,3)4/h7-10,13H,5-6,11-12H2,1-4H3,(H,21,23)/b10-8+. The van der Waals surface area contributed by atoms with Gasteiger partial charge in [0.15, 0.2) is 0 Å². The zero-order chi connectivity index (χ0) is 19.6. The second-order valence-corrected chi connectivity index (χ2v) is 7.26. The summed E-state index contributed by atoms with van der Waals surface area (Å²) in [6, 6.07) is 5.52. The quantitative estimate of drug-likeness (QED) is 0.379. The number of hydrogen-bond acceptors (Lipinski definition) is 5. The summed E-state index contributed by atoms with van der Waals surface area (Å²) in [4.78, 5) is 22.9. The molecular weight excluding hydrogens is 402 g/mol. The maximum atomic E-state index is 11.5. The summed E-state index contributed by atoms with van der Waals surface area (Å²) in [7, 11) is 0. The Kier molecular flexibility index (Phi) is 9.19. The van der Waals surface area contributed by atoms with E-state index in [-0.39, 0.29) is 5.97 Å². The maximum absolute atomic E-state index is 11.5. The Morgan fingerprint density at radius 3 is 2.65 bits per heavy atom. The number of carbonyl (C=O) groups excluding carboxylic acids is 2. The molecule has 0 spiro atoms. The van der Waals surface area contributed by atoms with E-state index in [2.05, 4.69) is 21.2 Å². The minimum atomic E-state index is -0.511. The van der Waals surface area contributed by atoms with Crippen LogP contribution in [-0.2, 0) is 14.3 Å². The summed E-state index contributed by atoms with van der Waals surface area (Å²) in [6.45, 7) is 8.43. The number of carbonyl (C=O) groups is 2. The van der Waals surface area contributed by atoms with Gasteiger partial charge in [-0.3, -0.25) is 0 Å². The number of nitrogens with one attached hydrogen (secondary N) is 1. The zero-order valence-electron chi connectivity index (χ0n) is 15.6. The normalized spacial score (nSPS) is 11.3. The average molecular weight is 428 g/mol. The smallest absolute Gasteiger partial charge is 0.407 e. The van der Waals surface area contributed by atoms with Crippen LogP contribution in [-0.4, -0.2) is 37.4 Å². The van der Waals surface area contributed by atoms with Gasteiger partial charge < -0.3 is 19.5 Å². The van der Waals surface area contributed by atoms with Crippen LogP contribution in [0.5, 0.6) is 5.75 Å². The fraction of sp³-hybridized carbons (Fsp3) is 0.474. The highest BCUT2D eigenvalue weighted by atomic mass is 79.9. The highest BCUT2D eigenvalue weighted by Crippen LogP contribution is 2.26. The van der Waals surface area contributed by atoms with Crippen LogP contribution in [0, 0.1) is 0 Å². The van der Waals surface area contributed by atoms with Crippen LogP contribution in [0.4, 0.5) is 4.79 Å². The van der Waals surface area contributed by atoms with E-state index in [4.69, 9.17) is 14.2 Å². The molecular formula is C19H26BrNO5. The summed E-state index contributed by atoms with van der Waals surface area (Å²) in [5, 5.41) is 2.68. The molecule has 26 heavy (non-hydrogen) atoms. The van der Waals surface area contributed by atoms with Crippen LogP contribution in [0.2, 0.25) is 0 Å². The lowest BCUT2D eigenvalue weighted by molar-refractivity contribution is -0.137. The van der Waals surface area contributed by atoms with Gasteiger partial charge in [-0.2, -0.15) is 0 Å². The summed E-state index contributed by atoms with van der Waals surface area (Å²) in [5.74, 6) is 0.277. The fourth-order valence-electron chi connectivity index (χ4n) is 1.85. The summed E-state index contributed by atoms with van der Waals surface area (Å²) in [5.41, 5.74) is 0.311. The molecule has 144 valence electrons. The minimum Gasteiger partial charge on any atom is -0.492 e. The van der Waals surface area contributed by atoms with Crippen molar-refractivity contribution in [2.24, 2.45) is 0 Å². The number of benzene rings is 1. The summed E-state index contributed by atoms with van der Waals surface area (Å²) >= 11 is 3.43. The van der Waals surface area contributed by atoms with Crippen LogP contribution < -0.4 is 10.1 Å². The van der Waals surface area contributed by atoms with Crippen molar-refractivity contribution in [1.82, 2.24) is 5.32 Å². The monoisotopic (exact) mass is 427 g/mol. The van der Waals surface area contributed by atoms with E-state index < -0.39 is 11.7 Å². The molecule has 1 aromatic carbocycles. The Hall–Kier alpha value is -2.02. The molecule has 0 heterocycles. The van der Waals surface area contributed by atoms with E-state index >= 15 is 0 Å². The number of amides is 1. The predicted molar refractivity (Wildman–Crippen MR) is 104 cm³/mol. The van der Waals surface area contributed by atoms with Crippen molar-refractivity contribution < 1.29 is 23.8 Å². The molecule has 0 bridgehead atoms. The molecule has 6 nitrogen and oxygen atoms in total. The van der Waals surface area contributed by atoms with Crippen LogP contribution in [0.25, 0.3) is 6.08 Å². The minimum absolute atomic E-state index is 0.342. The second-order valence-electron chi connectivity index (χ2n) is 6.41. The van der Waals surface area contributed by atoms with Crippen LogP contribution >= 0.6 is 15.9 Å². The lowest BCUT2D eigenvalue weighted by Crippen LogP contribution is -2.33. The third-order valence-electron chi connectivity index (χ3n) is 2.90. The van der Waals surface area contributed by atoms with E-state index in [1.807, 2.05) is 39.0 Å². The Morgan fingerprint density at radius 2 is 2.00 bits per heavy atom. The van der Waals surface area contributed by atoms with Gasteiger partial charge in [-0.05, 0) is 73.8 Å². The Labute approximate surface area is 163 Å². The van der Waals surface area contributed by atoms with Crippen molar-refractivity contribution in [2.75, 3.05) is 19.8 Å². The SMILES string of the molecule is CCOC(=O)/C=C/c1ccc(Br)c(OCCCNC(=O)OC(C)(C)C)c1. The lowest BCUT2D eigenvalue weighted by Gasteiger charge is -2.19. The summed E-state index contributed by atoms with van der Waals surface area (Å²) in [6.07, 6.45) is 3.24. The van der Waals surface area contributed by atoms with E-state index in [0.29, 0.717) is 31.9 Å². The first-order chi connectivity index (χ1) is 12.2. The molecule has 0 aliphatic heterocycles. The van der Waals surface area contributed by atoms with E-state index in [1.54, 1.807) is 13.0 Å². The van der Waals surface area contributed by atoms with Crippen LogP contribution in [0.3, 0.4) is 0 Å². The fourth-order valence-corrected chi connectivity index (χ4v) is 2.21. The van der Waals surface area contributed by atoms with Gasteiger partial charge in [0.2, 0.25) is 0 Å².